The minimum Gasteiger partial charge on any atom is -0.504 e. The first-order chi connectivity index (χ1) is 6.69. The Kier molecular flexibility index (Phi) is 6.08. The predicted octanol–water partition coefficient (Wildman–Crippen LogP) is 1.20. The highest BCUT2D eigenvalue weighted by Crippen LogP contribution is 2.28. The molecule has 0 aliphatic carbocycles. The minimum atomic E-state index is -0.253. The lowest BCUT2D eigenvalue weighted by atomic mass is 10.0. The molecule has 0 heterocycles. The van der Waals surface area contributed by atoms with Crippen molar-refractivity contribution in [2.45, 2.75) is 12.5 Å². The molecule has 1 aromatic carbocycles. The van der Waals surface area contributed by atoms with Crippen LogP contribution < -0.4 is 10.5 Å². The van der Waals surface area contributed by atoms with Crippen LogP contribution in [0, 0.1) is 0 Å². The fraction of sp³-hybridized carbons (Fsp3) is 0.400. The van der Waals surface area contributed by atoms with Gasteiger partial charge in [0.1, 0.15) is 0 Å². The molecule has 0 fully saturated rings. The van der Waals surface area contributed by atoms with Crippen molar-refractivity contribution >= 4 is 12.4 Å². The van der Waals surface area contributed by atoms with Crippen molar-refractivity contribution < 1.29 is 14.9 Å². The molecule has 0 saturated heterocycles. The number of halogens is 1. The van der Waals surface area contributed by atoms with E-state index < -0.39 is 0 Å². The summed E-state index contributed by atoms with van der Waals surface area (Å²) in [5.74, 6) is 0.489. The fourth-order valence-corrected chi connectivity index (χ4v) is 1.24. The lowest BCUT2D eigenvalue weighted by molar-refractivity contribution is 0.276. The van der Waals surface area contributed by atoms with Crippen LogP contribution in [-0.4, -0.2) is 23.9 Å². The van der Waals surface area contributed by atoms with E-state index in [2.05, 4.69) is 0 Å². The lowest BCUT2D eigenvalue weighted by Crippen LogP contribution is -2.11. The second-order valence-electron chi connectivity index (χ2n) is 3.05. The van der Waals surface area contributed by atoms with Crippen LogP contribution in [0.15, 0.2) is 18.2 Å². The molecule has 0 aliphatic rings. The van der Waals surface area contributed by atoms with Crippen molar-refractivity contribution in [3.05, 3.63) is 23.8 Å². The normalized spacial score (nSPS) is 11.7. The van der Waals surface area contributed by atoms with Gasteiger partial charge in [-0.25, -0.2) is 0 Å². The smallest absolute Gasteiger partial charge is 0.160 e. The van der Waals surface area contributed by atoms with Crippen molar-refractivity contribution in [3.8, 4) is 11.5 Å². The number of hydrogen-bond donors (Lipinski definition) is 3. The van der Waals surface area contributed by atoms with Crippen LogP contribution in [0.5, 0.6) is 11.5 Å². The van der Waals surface area contributed by atoms with Crippen LogP contribution in [0.4, 0.5) is 0 Å². The van der Waals surface area contributed by atoms with E-state index in [1.165, 1.54) is 7.11 Å². The third kappa shape index (κ3) is 3.58. The minimum absolute atomic E-state index is 0. The number of hydrogen-bond acceptors (Lipinski definition) is 4. The number of phenols is 1. The third-order valence-corrected chi connectivity index (χ3v) is 2.07. The van der Waals surface area contributed by atoms with Gasteiger partial charge in [0.2, 0.25) is 0 Å². The Morgan fingerprint density at radius 1 is 1.47 bits per heavy atom. The first-order valence-electron chi connectivity index (χ1n) is 4.42. The van der Waals surface area contributed by atoms with Gasteiger partial charge >= 0.3 is 0 Å². The van der Waals surface area contributed by atoms with Crippen molar-refractivity contribution in [1.82, 2.24) is 0 Å². The van der Waals surface area contributed by atoms with Crippen LogP contribution in [0.1, 0.15) is 18.0 Å². The van der Waals surface area contributed by atoms with Crippen molar-refractivity contribution in [1.29, 1.82) is 0 Å². The first-order valence-corrected chi connectivity index (χ1v) is 4.42. The van der Waals surface area contributed by atoms with Crippen LogP contribution in [0.25, 0.3) is 0 Å². The maximum atomic E-state index is 9.47. The first kappa shape index (κ1) is 14.0. The van der Waals surface area contributed by atoms with E-state index in [-0.39, 0.29) is 30.8 Å². The Hall–Kier alpha value is -0.970. The zero-order valence-electron chi connectivity index (χ0n) is 8.51. The van der Waals surface area contributed by atoms with Crippen molar-refractivity contribution in [3.63, 3.8) is 0 Å². The van der Waals surface area contributed by atoms with E-state index in [0.29, 0.717) is 12.2 Å². The average Bonchev–Trinajstić information content (AvgIpc) is 2.18. The molecule has 0 radical (unpaired) electrons. The summed E-state index contributed by atoms with van der Waals surface area (Å²) in [6, 6.07) is 4.73. The number of aliphatic hydroxyl groups excluding tert-OH is 1. The summed E-state index contributed by atoms with van der Waals surface area (Å²) < 4.78 is 4.90. The monoisotopic (exact) mass is 233 g/mol. The van der Waals surface area contributed by atoms with Gasteiger partial charge in [-0.2, -0.15) is 0 Å². The number of nitrogens with two attached hydrogens (primary N) is 1. The summed E-state index contributed by atoms with van der Waals surface area (Å²) in [5, 5.41) is 18.2. The summed E-state index contributed by atoms with van der Waals surface area (Å²) in [6.45, 7) is 0.0357. The molecule has 0 aromatic heterocycles. The summed E-state index contributed by atoms with van der Waals surface area (Å²) in [4.78, 5) is 0. The molecule has 0 unspecified atom stereocenters. The van der Waals surface area contributed by atoms with Gasteiger partial charge in [0.05, 0.1) is 7.11 Å². The quantitative estimate of drug-likeness (QED) is 0.731. The van der Waals surface area contributed by atoms with Crippen LogP contribution in [0.3, 0.4) is 0 Å². The standard InChI is InChI=1S/C10H15NO3.ClH/c1-14-10-3-2-7(6-9(10)13)8(11)4-5-12;/h2-3,6,8,12-13H,4-5,11H2,1H3;1H/t8-;/m1./s1. The number of methoxy groups -OCH3 is 1. The zero-order valence-corrected chi connectivity index (χ0v) is 9.33. The van der Waals surface area contributed by atoms with Crippen LogP contribution in [0.2, 0.25) is 0 Å². The third-order valence-electron chi connectivity index (χ3n) is 2.07. The SMILES string of the molecule is COc1ccc([C@H](N)CCO)cc1O.Cl. The van der Waals surface area contributed by atoms with E-state index in [1.807, 2.05) is 0 Å². The van der Waals surface area contributed by atoms with E-state index in [4.69, 9.17) is 15.6 Å². The molecule has 4 N–H and O–H groups in total. The molecular weight excluding hydrogens is 218 g/mol. The van der Waals surface area contributed by atoms with Gasteiger partial charge in [-0.05, 0) is 24.1 Å². The number of aromatic hydroxyl groups is 1. The highest BCUT2D eigenvalue weighted by atomic mass is 35.5. The van der Waals surface area contributed by atoms with E-state index in [9.17, 15) is 5.11 Å². The molecule has 5 heteroatoms. The predicted molar refractivity (Wildman–Crippen MR) is 60.5 cm³/mol. The molecule has 0 amide bonds. The topological polar surface area (TPSA) is 75.7 Å². The molecule has 15 heavy (non-hydrogen) atoms. The highest BCUT2D eigenvalue weighted by Gasteiger charge is 2.08. The van der Waals surface area contributed by atoms with Gasteiger partial charge < -0.3 is 20.7 Å². The molecule has 4 nitrogen and oxygen atoms in total. The van der Waals surface area contributed by atoms with Gasteiger partial charge in [0.15, 0.2) is 11.5 Å². The number of aliphatic hydroxyl groups is 1. The number of rotatable bonds is 4. The second-order valence-corrected chi connectivity index (χ2v) is 3.05. The van der Waals surface area contributed by atoms with Gasteiger partial charge in [-0.15, -0.1) is 12.4 Å². The van der Waals surface area contributed by atoms with E-state index >= 15 is 0 Å². The maximum Gasteiger partial charge on any atom is 0.160 e. The molecule has 1 aromatic rings. The number of phenolic OH excluding ortho intramolecular Hbond substituents is 1. The van der Waals surface area contributed by atoms with Crippen LogP contribution >= 0.6 is 12.4 Å². The summed E-state index contributed by atoms with van der Waals surface area (Å²) >= 11 is 0. The fourth-order valence-electron chi connectivity index (χ4n) is 1.24. The number of benzene rings is 1. The van der Waals surface area contributed by atoms with Crippen molar-refractivity contribution in [2.75, 3.05) is 13.7 Å². The Morgan fingerprint density at radius 3 is 2.60 bits per heavy atom. The molecule has 1 atom stereocenters. The Bertz CT molecular complexity index is 307. The Balaban J connectivity index is 0.00000196. The van der Waals surface area contributed by atoms with Crippen molar-refractivity contribution in [2.24, 2.45) is 5.73 Å². The lowest BCUT2D eigenvalue weighted by Gasteiger charge is -2.11. The van der Waals surface area contributed by atoms with Gasteiger partial charge in [0, 0.05) is 12.6 Å². The maximum absolute atomic E-state index is 9.47. The molecule has 0 bridgehead atoms. The number of ether oxygens (including phenoxy) is 1. The summed E-state index contributed by atoms with van der Waals surface area (Å²) in [5.41, 5.74) is 6.54. The Morgan fingerprint density at radius 2 is 2.13 bits per heavy atom. The molecule has 86 valence electrons. The summed E-state index contributed by atoms with van der Waals surface area (Å²) in [7, 11) is 1.49. The summed E-state index contributed by atoms with van der Waals surface area (Å²) in [6.07, 6.45) is 0.478. The largest absolute Gasteiger partial charge is 0.504 e. The molecule has 0 aliphatic heterocycles. The zero-order chi connectivity index (χ0) is 10.6. The van der Waals surface area contributed by atoms with E-state index in [0.717, 1.165) is 5.56 Å². The second kappa shape index (κ2) is 6.50. The molecule has 0 spiro atoms. The molecule has 0 saturated carbocycles. The molecular formula is C10H16ClNO3. The van der Waals surface area contributed by atoms with Gasteiger partial charge in [-0.1, -0.05) is 6.07 Å². The van der Waals surface area contributed by atoms with E-state index in [1.54, 1.807) is 18.2 Å². The van der Waals surface area contributed by atoms with Crippen LogP contribution in [-0.2, 0) is 0 Å². The van der Waals surface area contributed by atoms with Gasteiger partial charge in [0.25, 0.3) is 0 Å². The highest BCUT2D eigenvalue weighted by molar-refractivity contribution is 5.85. The molecule has 1 rings (SSSR count). The Labute approximate surface area is 95.1 Å². The average molecular weight is 234 g/mol. The van der Waals surface area contributed by atoms with Gasteiger partial charge in [-0.3, -0.25) is 0 Å².